The van der Waals surface area contributed by atoms with Gasteiger partial charge in [0.05, 0.1) is 5.84 Å². The summed E-state index contributed by atoms with van der Waals surface area (Å²) in [6.07, 6.45) is 3.23. The van der Waals surface area contributed by atoms with Crippen LogP contribution in [0.1, 0.15) is 37.7 Å². The van der Waals surface area contributed by atoms with E-state index in [0.29, 0.717) is 5.92 Å². The van der Waals surface area contributed by atoms with Crippen LogP contribution in [0.15, 0.2) is 30.3 Å². The summed E-state index contributed by atoms with van der Waals surface area (Å²) >= 11 is 0. The molecular weight excluding hydrogens is 196 g/mol. The lowest BCUT2D eigenvalue weighted by Crippen LogP contribution is -2.37. The highest BCUT2D eigenvalue weighted by atomic mass is 15.2. The topological polar surface area (TPSA) is 27.1 Å². The van der Waals surface area contributed by atoms with Crippen molar-refractivity contribution in [1.82, 2.24) is 4.90 Å². The molecule has 1 aromatic carbocycles. The van der Waals surface area contributed by atoms with Crippen molar-refractivity contribution in [3.8, 4) is 0 Å². The molecule has 2 rings (SSSR count). The van der Waals surface area contributed by atoms with E-state index in [1.165, 1.54) is 18.4 Å². The molecule has 86 valence electrons. The maximum absolute atomic E-state index is 7.83. The van der Waals surface area contributed by atoms with E-state index >= 15 is 0 Å². The Kier molecular flexibility index (Phi) is 3.60. The van der Waals surface area contributed by atoms with Gasteiger partial charge in [-0.05, 0) is 24.3 Å². The monoisotopic (exact) mass is 216 g/mol. The molecule has 2 nitrogen and oxygen atoms in total. The number of hydrogen-bond donors (Lipinski definition) is 1. The average molecular weight is 216 g/mol. The molecule has 0 spiro atoms. The van der Waals surface area contributed by atoms with Gasteiger partial charge in [-0.1, -0.05) is 37.3 Å². The van der Waals surface area contributed by atoms with Gasteiger partial charge in [-0.2, -0.15) is 0 Å². The van der Waals surface area contributed by atoms with Gasteiger partial charge < -0.3 is 4.90 Å². The zero-order valence-corrected chi connectivity index (χ0v) is 9.95. The number of amidine groups is 1. The van der Waals surface area contributed by atoms with E-state index in [9.17, 15) is 0 Å². The molecule has 0 bridgehead atoms. The minimum absolute atomic E-state index is 0.696. The van der Waals surface area contributed by atoms with Gasteiger partial charge in [0.15, 0.2) is 0 Å². The lowest BCUT2D eigenvalue weighted by atomic mass is 9.89. The number of piperidine rings is 1. The molecule has 0 saturated carbocycles. The standard InChI is InChI=1S/C14H20N2/c1-2-14(15)16-10-8-13(9-11-16)12-6-4-3-5-7-12/h3-7,13,15H,2,8-11H2,1H3. The average Bonchev–Trinajstić information content (AvgIpc) is 2.39. The van der Waals surface area contributed by atoms with Crippen molar-refractivity contribution in [3.05, 3.63) is 35.9 Å². The van der Waals surface area contributed by atoms with Gasteiger partial charge in [0.25, 0.3) is 0 Å². The van der Waals surface area contributed by atoms with Crippen LogP contribution in [-0.4, -0.2) is 23.8 Å². The fourth-order valence-corrected chi connectivity index (χ4v) is 2.43. The molecule has 16 heavy (non-hydrogen) atoms. The van der Waals surface area contributed by atoms with Gasteiger partial charge in [-0.3, -0.25) is 5.41 Å². The lowest BCUT2D eigenvalue weighted by Gasteiger charge is -2.33. The quantitative estimate of drug-likeness (QED) is 0.596. The fraction of sp³-hybridized carbons (Fsp3) is 0.500. The van der Waals surface area contributed by atoms with E-state index in [4.69, 9.17) is 5.41 Å². The van der Waals surface area contributed by atoms with Gasteiger partial charge in [-0.15, -0.1) is 0 Å². The Labute approximate surface area is 97.8 Å². The second kappa shape index (κ2) is 5.15. The van der Waals surface area contributed by atoms with Crippen LogP contribution in [-0.2, 0) is 0 Å². The molecule has 0 aliphatic carbocycles. The SMILES string of the molecule is CCC(=N)N1CCC(c2ccccc2)CC1. The first-order chi connectivity index (χ1) is 7.81. The summed E-state index contributed by atoms with van der Waals surface area (Å²) in [6, 6.07) is 10.8. The summed E-state index contributed by atoms with van der Waals surface area (Å²) in [5, 5.41) is 7.83. The number of benzene rings is 1. The van der Waals surface area contributed by atoms with Gasteiger partial charge in [-0.25, -0.2) is 0 Å². The van der Waals surface area contributed by atoms with E-state index in [0.717, 1.165) is 25.3 Å². The van der Waals surface area contributed by atoms with E-state index < -0.39 is 0 Å². The summed E-state index contributed by atoms with van der Waals surface area (Å²) in [5.74, 6) is 1.49. The highest BCUT2D eigenvalue weighted by Crippen LogP contribution is 2.27. The summed E-state index contributed by atoms with van der Waals surface area (Å²) < 4.78 is 0. The molecule has 0 radical (unpaired) electrons. The maximum Gasteiger partial charge on any atom is 0.0954 e. The Morgan fingerprint density at radius 3 is 2.44 bits per heavy atom. The van der Waals surface area contributed by atoms with Crippen LogP contribution in [0, 0.1) is 5.41 Å². The van der Waals surface area contributed by atoms with Crippen molar-refractivity contribution >= 4 is 5.84 Å². The van der Waals surface area contributed by atoms with Crippen molar-refractivity contribution in [2.24, 2.45) is 0 Å². The Hall–Kier alpha value is -1.31. The predicted octanol–water partition coefficient (Wildman–Crippen LogP) is 3.25. The number of hydrogen-bond acceptors (Lipinski definition) is 1. The number of likely N-dealkylation sites (tertiary alicyclic amines) is 1. The third-order valence-corrected chi connectivity index (χ3v) is 3.48. The smallest absolute Gasteiger partial charge is 0.0954 e. The summed E-state index contributed by atoms with van der Waals surface area (Å²) in [7, 11) is 0. The third kappa shape index (κ3) is 2.43. The first-order valence-electron chi connectivity index (χ1n) is 6.18. The minimum atomic E-state index is 0.696. The zero-order valence-electron chi connectivity index (χ0n) is 9.95. The first kappa shape index (κ1) is 11.2. The molecule has 2 heteroatoms. The van der Waals surface area contributed by atoms with Crippen LogP contribution in [0.2, 0.25) is 0 Å². The molecule has 0 amide bonds. The van der Waals surface area contributed by atoms with Gasteiger partial charge in [0.1, 0.15) is 0 Å². The van der Waals surface area contributed by atoms with Crippen LogP contribution in [0.5, 0.6) is 0 Å². The van der Waals surface area contributed by atoms with E-state index in [1.54, 1.807) is 0 Å². The van der Waals surface area contributed by atoms with Crippen LogP contribution >= 0.6 is 0 Å². The van der Waals surface area contributed by atoms with Crippen LogP contribution in [0.4, 0.5) is 0 Å². The Balaban J connectivity index is 1.93. The number of nitrogens with zero attached hydrogens (tertiary/aromatic N) is 1. The largest absolute Gasteiger partial charge is 0.361 e. The zero-order chi connectivity index (χ0) is 11.4. The Morgan fingerprint density at radius 1 is 1.25 bits per heavy atom. The highest BCUT2D eigenvalue weighted by Gasteiger charge is 2.20. The second-order valence-corrected chi connectivity index (χ2v) is 4.47. The minimum Gasteiger partial charge on any atom is -0.361 e. The van der Waals surface area contributed by atoms with Crippen molar-refractivity contribution in [2.45, 2.75) is 32.1 Å². The van der Waals surface area contributed by atoms with Crippen LogP contribution in [0.25, 0.3) is 0 Å². The van der Waals surface area contributed by atoms with E-state index in [2.05, 4.69) is 42.2 Å². The molecule has 1 N–H and O–H groups in total. The normalized spacial score (nSPS) is 17.4. The molecule has 1 heterocycles. The molecular formula is C14H20N2. The fourth-order valence-electron chi connectivity index (χ4n) is 2.43. The maximum atomic E-state index is 7.83. The van der Waals surface area contributed by atoms with Gasteiger partial charge in [0.2, 0.25) is 0 Å². The van der Waals surface area contributed by atoms with Gasteiger partial charge >= 0.3 is 0 Å². The van der Waals surface area contributed by atoms with Crippen LogP contribution in [0.3, 0.4) is 0 Å². The van der Waals surface area contributed by atoms with E-state index in [1.807, 2.05) is 0 Å². The molecule has 1 aliphatic rings. The summed E-state index contributed by atoms with van der Waals surface area (Å²) in [5.41, 5.74) is 1.46. The van der Waals surface area contributed by atoms with Crippen molar-refractivity contribution in [1.29, 1.82) is 5.41 Å². The third-order valence-electron chi connectivity index (χ3n) is 3.48. The molecule has 1 aromatic rings. The van der Waals surface area contributed by atoms with Crippen LogP contribution < -0.4 is 0 Å². The molecule has 1 aliphatic heterocycles. The number of rotatable bonds is 2. The van der Waals surface area contributed by atoms with Crippen molar-refractivity contribution < 1.29 is 0 Å². The molecule has 1 saturated heterocycles. The molecule has 0 aromatic heterocycles. The van der Waals surface area contributed by atoms with Gasteiger partial charge in [0, 0.05) is 19.5 Å². The Morgan fingerprint density at radius 2 is 1.88 bits per heavy atom. The van der Waals surface area contributed by atoms with Crippen molar-refractivity contribution in [3.63, 3.8) is 0 Å². The highest BCUT2D eigenvalue weighted by molar-refractivity contribution is 5.78. The molecule has 0 atom stereocenters. The summed E-state index contributed by atoms with van der Waals surface area (Å²) in [6.45, 7) is 4.16. The second-order valence-electron chi connectivity index (χ2n) is 4.47. The lowest BCUT2D eigenvalue weighted by molar-refractivity contribution is 0.307. The Bertz CT molecular complexity index is 337. The predicted molar refractivity (Wildman–Crippen MR) is 68.0 cm³/mol. The summed E-state index contributed by atoms with van der Waals surface area (Å²) in [4.78, 5) is 2.22. The molecule has 0 unspecified atom stereocenters. The number of nitrogens with one attached hydrogen (secondary N) is 1. The first-order valence-corrected chi connectivity index (χ1v) is 6.18. The molecule has 1 fully saturated rings. The van der Waals surface area contributed by atoms with E-state index in [-0.39, 0.29) is 0 Å². The van der Waals surface area contributed by atoms with Crippen molar-refractivity contribution in [2.75, 3.05) is 13.1 Å².